The molecule has 0 unspecified atom stereocenters. The first-order chi connectivity index (χ1) is 3.48. The third kappa shape index (κ3) is 2.01. The van der Waals surface area contributed by atoms with Gasteiger partial charge in [0, 0.05) is 6.54 Å². The largest absolute Gasteiger partial charge is 0.367 e. The van der Waals surface area contributed by atoms with Crippen LogP contribution in [0.3, 0.4) is 0 Å². The van der Waals surface area contributed by atoms with Crippen molar-refractivity contribution < 1.29 is 4.58 Å². The van der Waals surface area contributed by atoms with Crippen LogP contribution in [-0.4, -0.2) is 16.8 Å². The molecule has 48 valence electrons. The Hall–Kier alpha value is -0.460. The van der Waals surface area contributed by atoms with E-state index in [4.69, 9.17) is 0 Å². The molecule has 0 aliphatic rings. The van der Waals surface area contributed by atoms with E-state index in [1.165, 1.54) is 0 Å². The Labute approximate surface area is 52.0 Å². The molecule has 0 rings (SSSR count). The molecule has 8 heavy (non-hydrogen) atoms. The maximum atomic E-state index is 3.81. The van der Waals surface area contributed by atoms with Gasteiger partial charge in [-0.2, -0.15) is 0 Å². The molecule has 1 heteroatoms. The van der Waals surface area contributed by atoms with Gasteiger partial charge in [-0.3, -0.25) is 0 Å². The Bertz CT molecular complexity index is 87.1. The van der Waals surface area contributed by atoms with E-state index in [9.17, 15) is 0 Å². The van der Waals surface area contributed by atoms with Crippen molar-refractivity contribution in [2.24, 2.45) is 0 Å². The Morgan fingerprint density at radius 3 is 1.75 bits per heavy atom. The number of hydrogen-bond acceptors (Lipinski definition) is 0. The maximum absolute atomic E-state index is 3.81. The minimum absolute atomic E-state index is 0.175. The number of hydrogen-bond donors (Lipinski definition) is 0. The second kappa shape index (κ2) is 2.21. The molecule has 0 bridgehead atoms. The third-order valence-electron chi connectivity index (χ3n) is 1.17. The van der Waals surface area contributed by atoms with E-state index >= 15 is 0 Å². The Morgan fingerprint density at radius 2 is 1.75 bits per heavy atom. The van der Waals surface area contributed by atoms with E-state index < -0.39 is 0 Å². The molecule has 0 aromatic rings. The molecular weight excluding hydrogens is 98.1 g/mol. The average Bonchev–Trinajstić information content (AvgIpc) is 1.62. The first kappa shape index (κ1) is 7.54. The standard InChI is InChI=1S/C7H15N/c1-6-8(5)7(2,3)4/h6H,5H2,1-4H3. The van der Waals surface area contributed by atoms with Gasteiger partial charge >= 0.3 is 0 Å². The average molecular weight is 113 g/mol. The van der Waals surface area contributed by atoms with Crippen molar-refractivity contribution in [3.05, 3.63) is 6.54 Å². The van der Waals surface area contributed by atoms with Crippen LogP contribution in [-0.2, 0) is 0 Å². The van der Waals surface area contributed by atoms with Crippen LogP contribution in [0, 0.1) is 6.54 Å². The Morgan fingerprint density at radius 1 is 1.38 bits per heavy atom. The zero-order valence-corrected chi connectivity index (χ0v) is 6.23. The molecule has 0 saturated heterocycles. The number of rotatable bonds is 1. The van der Waals surface area contributed by atoms with Crippen LogP contribution in [0.5, 0.6) is 0 Å². The van der Waals surface area contributed by atoms with Crippen molar-refractivity contribution in [2.45, 2.75) is 33.2 Å². The van der Waals surface area contributed by atoms with Crippen molar-refractivity contribution in [3.8, 4) is 0 Å². The highest BCUT2D eigenvalue weighted by Gasteiger charge is 2.13. The van der Waals surface area contributed by atoms with Gasteiger partial charge in [-0.1, -0.05) is 6.92 Å². The van der Waals surface area contributed by atoms with Crippen molar-refractivity contribution in [1.29, 1.82) is 0 Å². The first-order valence-corrected chi connectivity index (χ1v) is 2.88. The first-order valence-electron chi connectivity index (χ1n) is 2.88. The van der Waals surface area contributed by atoms with E-state index in [0.717, 1.165) is 0 Å². The summed E-state index contributed by atoms with van der Waals surface area (Å²) in [7, 11) is 0. The zero-order valence-electron chi connectivity index (χ0n) is 6.23. The summed E-state index contributed by atoms with van der Waals surface area (Å²) in [4.78, 5) is 0. The molecule has 0 aromatic heterocycles. The Balaban J connectivity index is 3.82. The monoisotopic (exact) mass is 113 g/mol. The van der Waals surface area contributed by atoms with Crippen LogP contribution in [0.4, 0.5) is 0 Å². The smallest absolute Gasteiger partial charge is 0.126 e. The van der Waals surface area contributed by atoms with Crippen molar-refractivity contribution in [3.63, 3.8) is 0 Å². The van der Waals surface area contributed by atoms with Crippen LogP contribution < -0.4 is 0 Å². The summed E-state index contributed by atoms with van der Waals surface area (Å²) < 4.78 is 1.94. The van der Waals surface area contributed by atoms with E-state index in [1.807, 2.05) is 18.0 Å². The van der Waals surface area contributed by atoms with Crippen LogP contribution in [0.1, 0.15) is 27.7 Å². The lowest BCUT2D eigenvalue weighted by atomic mass is 10.1. The molecule has 0 aliphatic carbocycles. The van der Waals surface area contributed by atoms with Crippen molar-refractivity contribution in [1.82, 2.24) is 0 Å². The summed E-state index contributed by atoms with van der Waals surface area (Å²) in [5.74, 6) is 0. The predicted molar refractivity (Wildman–Crippen MR) is 37.1 cm³/mol. The summed E-state index contributed by atoms with van der Waals surface area (Å²) in [6.45, 7) is 14.1. The third-order valence-corrected chi connectivity index (χ3v) is 1.17. The van der Waals surface area contributed by atoms with Gasteiger partial charge in [-0.25, -0.2) is 0 Å². The lowest BCUT2D eigenvalue weighted by Gasteiger charge is -2.20. The van der Waals surface area contributed by atoms with Crippen molar-refractivity contribution >= 4 is 6.72 Å². The number of nitrogens with zero attached hydrogens (tertiary/aromatic N) is 1. The molecule has 0 spiro atoms. The summed E-state index contributed by atoms with van der Waals surface area (Å²) in [6.07, 6.45) is 0. The molecule has 0 aliphatic heterocycles. The molecule has 1 nitrogen and oxygen atoms in total. The van der Waals surface area contributed by atoms with E-state index in [-0.39, 0.29) is 5.54 Å². The van der Waals surface area contributed by atoms with Gasteiger partial charge in [-0.15, -0.1) is 0 Å². The van der Waals surface area contributed by atoms with Gasteiger partial charge in [-0.05, 0) is 27.5 Å². The highest BCUT2D eigenvalue weighted by atomic mass is 15.0. The zero-order chi connectivity index (χ0) is 6.78. The second-order valence-corrected chi connectivity index (χ2v) is 2.90. The predicted octanol–water partition coefficient (Wildman–Crippen LogP) is 1.68. The van der Waals surface area contributed by atoms with E-state index in [1.54, 1.807) is 0 Å². The van der Waals surface area contributed by atoms with E-state index in [0.29, 0.717) is 0 Å². The lowest BCUT2D eigenvalue weighted by molar-refractivity contribution is -0.551. The molecule has 0 amide bonds. The topological polar surface area (TPSA) is 3.01 Å². The molecule has 0 heterocycles. The Kier molecular flexibility index (Phi) is 2.08. The van der Waals surface area contributed by atoms with Gasteiger partial charge in [0.25, 0.3) is 0 Å². The molecule has 0 radical (unpaired) electrons. The SMILES string of the molecule is C=[N+]([CH-]C)C(C)(C)C. The fourth-order valence-corrected chi connectivity index (χ4v) is 0.387. The summed E-state index contributed by atoms with van der Waals surface area (Å²) >= 11 is 0. The second-order valence-electron chi connectivity index (χ2n) is 2.90. The van der Waals surface area contributed by atoms with Crippen LogP contribution >= 0.6 is 0 Å². The fraction of sp³-hybridized carbons (Fsp3) is 0.714. The summed E-state index contributed by atoms with van der Waals surface area (Å²) in [5, 5.41) is 0. The highest BCUT2D eigenvalue weighted by Crippen LogP contribution is 2.05. The molecule has 0 saturated carbocycles. The molecule has 0 aromatic carbocycles. The maximum Gasteiger partial charge on any atom is 0.126 e. The normalized spacial score (nSPS) is 11.0. The molecule has 0 N–H and O–H groups in total. The molecule has 0 fully saturated rings. The fourth-order valence-electron chi connectivity index (χ4n) is 0.387. The van der Waals surface area contributed by atoms with Crippen LogP contribution in [0.15, 0.2) is 0 Å². The quantitative estimate of drug-likeness (QED) is 0.276. The highest BCUT2D eigenvalue weighted by molar-refractivity contribution is 5.15. The van der Waals surface area contributed by atoms with Crippen molar-refractivity contribution in [2.75, 3.05) is 0 Å². The summed E-state index contributed by atoms with van der Waals surface area (Å²) in [6, 6.07) is 0. The molecule has 0 atom stereocenters. The van der Waals surface area contributed by atoms with Gasteiger partial charge in [0.15, 0.2) is 0 Å². The minimum Gasteiger partial charge on any atom is -0.367 e. The van der Waals surface area contributed by atoms with Gasteiger partial charge in [0.2, 0.25) is 0 Å². The van der Waals surface area contributed by atoms with E-state index in [2.05, 4.69) is 27.5 Å². The summed E-state index contributed by atoms with van der Waals surface area (Å²) in [5.41, 5.74) is 0.175. The minimum atomic E-state index is 0.175. The van der Waals surface area contributed by atoms with Gasteiger partial charge in [0.1, 0.15) is 5.54 Å². The lowest BCUT2D eigenvalue weighted by Crippen LogP contribution is -2.28. The van der Waals surface area contributed by atoms with Gasteiger partial charge in [0.05, 0.1) is 0 Å². The van der Waals surface area contributed by atoms with Crippen LogP contribution in [0.2, 0.25) is 0 Å². The van der Waals surface area contributed by atoms with Gasteiger partial charge < -0.3 is 4.58 Å². The molecular formula is C7H15N. The van der Waals surface area contributed by atoms with Crippen LogP contribution in [0.25, 0.3) is 0 Å².